The standard InChI is InChI=1S/C26H44Si/c1-3-19-27-20-17-24(18-21-27)8-6-5-7-23-11-15-26(16-12-23)25-13-9-22(4-2)10-14-25/h9-10,13-14,23-24,26-27H,3-8,11-12,15-21H2,1-2H3. The predicted octanol–water partition coefficient (Wildman–Crippen LogP) is 8.13. The molecule has 0 unspecified atom stereocenters. The molecule has 1 aromatic rings. The van der Waals surface area contributed by atoms with Crippen molar-refractivity contribution in [3.05, 3.63) is 35.4 Å². The van der Waals surface area contributed by atoms with Crippen LogP contribution >= 0.6 is 0 Å². The van der Waals surface area contributed by atoms with Crippen molar-refractivity contribution in [3.8, 4) is 0 Å². The van der Waals surface area contributed by atoms with E-state index in [-0.39, 0.29) is 8.80 Å². The molecule has 0 nitrogen and oxygen atoms in total. The van der Waals surface area contributed by atoms with E-state index in [0.717, 1.165) is 24.2 Å². The molecule has 152 valence electrons. The predicted molar refractivity (Wildman–Crippen MR) is 124 cm³/mol. The second-order valence-corrected chi connectivity index (χ2v) is 13.2. The quantitative estimate of drug-likeness (QED) is 0.298. The van der Waals surface area contributed by atoms with Crippen molar-refractivity contribution in [2.75, 3.05) is 0 Å². The lowest BCUT2D eigenvalue weighted by atomic mass is 9.77. The fourth-order valence-electron chi connectivity index (χ4n) is 5.89. The van der Waals surface area contributed by atoms with Gasteiger partial charge in [0.2, 0.25) is 0 Å². The first-order valence-corrected chi connectivity index (χ1v) is 14.8. The Morgan fingerprint density at radius 3 is 1.93 bits per heavy atom. The third-order valence-corrected chi connectivity index (χ3v) is 11.5. The lowest BCUT2D eigenvalue weighted by Crippen LogP contribution is -2.21. The van der Waals surface area contributed by atoms with Gasteiger partial charge in [-0.2, -0.15) is 0 Å². The molecular formula is C26H44Si. The van der Waals surface area contributed by atoms with E-state index in [9.17, 15) is 0 Å². The van der Waals surface area contributed by atoms with Gasteiger partial charge in [0.25, 0.3) is 0 Å². The minimum absolute atomic E-state index is 0.266. The molecule has 1 aromatic carbocycles. The molecular weight excluding hydrogens is 340 g/mol. The van der Waals surface area contributed by atoms with Gasteiger partial charge in [-0.25, -0.2) is 0 Å². The molecule has 2 fully saturated rings. The minimum Gasteiger partial charge on any atom is -0.0657 e. The van der Waals surface area contributed by atoms with Gasteiger partial charge in [0.15, 0.2) is 0 Å². The average Bonchev–Trinajstić information content (AvgIpc) is 2.73. The molecule has 1 aliphatic heterocycles. The number of rotatable bonds is 9. The van der Waals surface area contributed by atoms with Crippen molar-refractivity contribution in [3.63, 3.8) is 0 Å². The van der Waals surface area contributed by atoms with E-state index in [1.807, 2.05) is 0 Å². The third-order valence-electron chi connectivity index (χ3n) is 7.84. The molecule has 0 aromatic heterocycles. The molecule has 1 aliphatic carbocycles. The summed E-state index contributed by atoms with van der Waals surface area (Å²) < 4.78 is 0. The molecule has 3 rings (SSSR count). The maximum absolute atomic E-state index is 2.40. The Kier molecular flexibility index (Phi) is 8.96. The highest BCUT2D eigenvalue weighted by Crippen LogP contribution is 2.38. The van der Waals surface area contributed by atoms with E-state index in [2.05, 4.69) is 38.1 Å². The first-order chi connectivity index (χ1) is 13.3. The van der Waals surface area contributed by atoms with E-state index in [0.29, 0.717) is 0 Å². The Morgan fingerprint density at radius 1 is 0.778 bits per heavy atom. The molecule has 1 saturated heterocycles. The third kappa shape index (κ3) is 6.77. The van der Waals surface area contributed by atoms with Crippen molar-refractivity contribution >= 4 is 8.80 Å². The molecule has 0 N–H and O–H groups in total. The van der Waals surface area contributed by atoms with Gasteiger partial charge in [0.1, 0.15) is 0 Å². The molecule has 0 spiro atoms. The Balaban J connectivity index is 1.26. The molecule has 1 heteroatoms. The Morgan fingerprint density at radius 2 is 1.37 bits per heavy atom. The summed E-state index contributed by atoms with van der Waals surface area (Å²) in [6.07, 6.45) is 17.7. The summed E-state index contributed by atoms with van der Waals surface area (Å²) in [5.74, 6) is 2.98. The Hall–Kier alpha value is -0.563. The summed E-state index contributed by atoms with van der Waals surface area (Å²) >= 11 is 0. The van der Waals surface area contributed by atoms with Crippen LogP contribution in [0.25, 0.3) is 0 Å². The largest absolute Gasteiger partial charge is 0.0657 e. The molecule has 0 amide bonds. The number of unbranched alkanes of at least 4 members (excludes halogenated alkanes) is 1. The maximum Gasteiger partial charge on any atom is 0.0367 e. The minimum atomic E-state index is -0.266. The molecule has 0 atom stereocenters. The molecule has 1 heterocycles. The lowest BCUT2D eigenvalue weighted by molar-refractivity contribution is 0.297. The van der Waals surface area contributed by atoms with Crippen LogP contribution in [0.4, 0.5) is 0 Å². The van der Waals surface area contributed by atoms with Crippen molar-refractivity contribution in [1.29, 1.82) is 0 Å². The van der Waals surface area contributed by atoms with Crippen LogP contribution in [-0.2, 0) is 6.42 Å². The average molecular weight is 385 g/mol. The number of hydrogen-bond acceptors (Lipinski definition) is 0. The second-order valence-electron chi connectivity index (χ2n) is 9.77. The van der Waals surface area contributed by atoms with Gasteiger partial charge in [-0.15, -0.1) is 0 Å². The highest BCUT2D eigenvalue weighted by molar-refractivity contribution is 6.58. The number of aryl methyl sites for hydroxylation is 1. The summed E-state index contributed by atoms with van der Waals surface area (Å²) in [6, 6.07) is 14.5. The molecule has 27 heavy (non-hydrogen) atoms. The molecule has 0 bridgehead atoms. The maximum atomic E-state index is 2.40. The zero-order valence-electron chi connectivity index (χ0n) is 18.2. The second kappa shape index (κ2) is 11.4. The van der Waals surface area contributed by atoms with Gasteiger partial charge >= 0.3 is 0 Å². The number of benzene rings is 1. The van der Waals surface area contributed by atoms with Crippen LogP contribution in [0.2, 0.25) is 18.1 Å². The van der Waals surface area contributed by atoms with Gasteiger partial charge in [0.05, 0.1) is 0 Å². The van der Waals surface area contributed by atoms with Crippen molar-refractivity contribution in [1.82, 2.24) is 0 Å². The molecule has 2 aliphatic rings. The van der Waals surface area contributed by atoms with Crippen molar-refractivity contribution < 1.29 is 0 Å². The lowest BCUT2D eigenvalue weighted by Gasteiger charge is -2.29. The van der Waals surface area contributed by atoms with E-state index in [1.165, 1.54) is 56.9 Å². The normalized spacial score (nSPS) is 29.0. The van der Waals surface area contributed by atoms with E-state index >= 15 is 0 Å². The van der Waals surface area contributed by atoms with Gasteiger partial charge in [-0.1, -0.05) is 101 Å². The van der Waals surface area contributed by atoms with Gasteiger partial charge in [-0.3, -0.25) is 0 Å². The Bertz CT molecular complexity index is 504. The molecule has 0 radical (unpaired) electrons. The topological polar surface area (TPSA) is 0 Å². The zero-order chi connectivity index (χ0) is 18.9. The smallest absolute Gasteiger partial charge is 0.0367 e. The summed E-state index contributed by atoms with van der Waals surface area (Å²) in [6.45, 7) is 4.63. The fraction of sp³-hybridized carbons (Fsp3) is 0.769. The summed E-state index contributed by atoms with van der Waals surface area (Å²) in [4.78, 5) is 0. The van der Waals surface area contributed by atoms with Crippen LogP contribution in [0.1, 0.15) is 102 Å². The van der Waals surface area contributed by atoms with Crippen LogP contribution in [0.5, 0.6) is 0 Å². The highest BCUT2D eigenvalue weighted by Gasteiger charge is 2.23. The van der Waals surface area contributed by atoms with Crippen molar-refractivity contribution in [2.24, 2.45) is 11.8 Å². The van der Waals surface area contributed by atoms with E-state index in [1.54, 1.807) is 43.0 Å². The van der Waals surface area contributed by atoms with E-state index in [4.69, 9.17) is 0 Å². The summed E-state index contributed by atoms with van der Waals surface area (Å²) in [5.41, 5.74) is 3.08. The van der Waals surface area contributed by atoms with Crippen LogP contribution < -0.4 is 0 Å². The monoisotopic (exact) mass is 384 g/mol. The van der Waals surface area contributed by atoms with Gasteiger partial charge in [0, 0.05) is 8.80 Å². The van der Waals surface area contributed by atoms with Gasteiger partial charge in [-0.05, 0) is 61.0 Å². The van der Waals surface area contributed by atoms with Crippen molar-refractivity contribution in [2.45, 2.75) is 115 Å². The van der Waals surface area contributed by atoms with Crippen LogP contribution in [-0.4, -0.2) is 8.80 Å². The van der Waals surface area contributed by atoms with Crippen LogP contribution in [0.15, 0.2) is 24.3 Å². The first-order valence-electron chi connectivity index (χ1n) is 12.4. The first kappa shape index (κ1) is 21.2. The SMILES string of the molecule is CCC[SiH]1CCC(CCCCC2CCC(c3ccc(CC)cc3)CC2)CC1. The van der Waals surface area contributed by atoms with Crippen LogP contribution in [0, 0.1) is 11.8 Å². The van der Waals surface area contributed by atoms with E-state index < -0.39 is 0 Å². The highest BCUT2D eigenvalue weighted by atomic mass is 28.3. The Labute approximate surface area is 171 Å². The fourth-order valence-corrected chi connectivity index (χ4v) is 9.46. The zero-order valence-corrected chi connectivity index (χ0v) is 19.4. The van der Waals surface area contributed by atoms with Gasteiger partial charge < -0.3 is 0 Å². The molecule has 1 saturated carbocycles. The number of hydrogen-bond donors (Lipinski definition) is 0. The summed E-state index contributed by atoms with van der Waals surface area (Å²) in [7, 11) is -0.266. The summed E-state index contributed by atoms with van der Waals surface area (Å²) in [5, 5.41) is 0. The van der Waals surface area contributed by atoms with Crippen LogP contribution in [0.3, 0.4) is 0 Å².